The summed E-state index contributed by atoms with van der Waals surface area (Å²) >= 11 is 6.18. The molecular weight excluding hydrogens is 249 g/mol. The van der Waals surface area contributed by atoms with Gasteiger partial charge in [-0.05, 0) is 30.2 Å². The van der Waals surface area contributed by atoms with Crippen molar-refractivity contribution in [2.24, 2.45) is 5.92 Å². The standard InChI is InChI=1S/C15H23ClFN/c1-4-6-11(3)14(10-18-5-2)13-8-7-12(17)9-15(13)16/h7-9,11,14,18H,4-6,10H2,1-3H3. The van der Waals surface area contributed by atoms with Crippen LogP contribution in [0.2, 0.25) is 5.02 Å². The molecule has 0 radical (unpaired) electrons. The molecule has 1 aromatic rings. The average Bonchev–Trinajstić information content (AvgIpc) is 2.32. The van der Waals surface area contributed by atoms with E-state index in [9.17, 15) is 4.39 Å². The van der Waals surface area contributed by atoms with E-state index in [0.717, 1.165) is 31.5 Å². The van der Waals surface area contributed by atoms with Crippen molar-refractivity contribution < 1.29 is 4.39 Å². The summed E-state index contributed by atoms with van der Waals surface area (Å²) in [4.78, 5) is 0. The maximum atomic E-state index is 13.1. The van der Waals surface area contributed by atoms with E-state index in [1.807, 2.05) is 6.07 Å². The van der Waals surface area contributed by atoms with Crippen molar-refractivity contribution in [1.82, 2.24) is 5.32 Å². The first-order valence-corrected chi connectivity index (χ1v) is 7.13. The van der Waals surface area contributed by atoms with Gasteiger partial charge in [0.25, 0.3) is 0 Å². The third-order valence-electron chi connectivity index (χ3n) is 3.41. The molecule has 1 nitrogen and oxygen atoms in total. The molecule has 0 spiro atoms. The molecule has 0 bridgehead atoms. The average molecular weight is 272 g/mol. The molecule has 0 fully saturated rings. The van der Waals surface area contributed by atoms with Crippen LogP contribution in [-0.4, -0.2) is 13.1 Å². The first kappa shape index (κ1) is 15.5. The van der Waals surface area contributed by atoms with Crippen molar-refractivity contribution in [3.05, 3.63) is 34.6 Å². The van der Waals surface area contributed by atoms with E-state index in [-0.39, 0.29) is 5.82 Å². The van der Waals surface area contributed by atoms with Crippen molar-refractivity contribution in [2.45, 2.75) is 39.5 Å². The predicted molar refractivity (Wildman–Crippen MR) is 76.8 cm³/mol. The summed E-state index contributed by atoms with van der Waals surface area (Å²) in [5.74, 6) is 0.615. The minimum absolute atomic E-state index is 0.269. The summed E-state index contributed by atoms with van der Waals surface area (Å²) < 4.78 is 13.1. The molecular formula is C15H23ClFN. The van der Waals surface area contributed by atoms with Gasteiger partial charge < -0.3 is 5.32 Å². The van der Waals surface area contributed by atoms with Crippen LogP contribution in [0.25, 0.3) is 0 Å². The van der Waals surface area contributed by atoms with Gasteiger partial charge in [-0.2, -0.15) is 0 Å². The molecule has 1 aromatic carbocycles. The van der Waals surface area contributed by atoms with E-state index in [1.54, 1.807) is 0 Å². The highest BCUT2D eigenvalue weighted by molar-refractivity contribution is 6.31. The van der Waals surface area contributed by atoms with Crippen LogP contribution in [0, 0.1) is 11.7 Å². The summed E-state index contributed by atoms with van der Waals surface area (Å²) in [7, 11) is 0. The zero-order valence-electron chi connectivity index (χ0n) is 11.5. The molecule has 2 unspecified atom stereocenters. The molecule has 0 heterocycles. The van der Waals surface area contributed by atoms with Crippen LogP contribution in [0.4, 0.5) is 4.39 Å². The van der Waals surface area contributed by atoms with Crippen molar-refractivity contribution in [2.75, 3.05) is 13.1 Å². The van der Waals surface area contributed by atoms with Crippen LogP contribution < -0.4 is 5.32 Å². The quantitative estimate of drug-likeness (QED) is 0.764. The Labute approximate surface area is 115 Å². The molecule has 0 aliphatic carbocycles. The van der Waals surface area contributed by atoms with Gasteiger partial charge in [-0.25, -0.2) is 4.39 Å². The number of rotatable bonds is 7. The fourth-order valence-corrected chi connectivity index (χ4v) is 2.68. The third kappa shape index (κ3) is 4.25. The number of hydrogen-bond donors (Lipinski definition) is 1. The summed E-state index contributed by atoms with van der Waals surface area (Å²) in [6.07, 6.45) is 2.31. The molecule has 0 aliphatic heterocycles. The lowest BCUT2D eigenvalue weighted by molar-refractivity contribution is 0.406. The van der Waals surface area contributed by atoms with Crippen molar-refractivity contribution in [3.8, 4) is 0 Å². The Kier molecular flexibility index (Phi) is 6.66. The third-order valence-corrected chi connectivity index (χ3v) is 3.73. The first-order valence-electron chi connectivity index (χ1n) is 6.75. The van der Waals surface area contributed by atoms with E-state index in [0.29, 0.717) is 16.9 Å². The predicted octanol–water partition coefficient (Wildman–Crippen LogP) is 4.61. The first-order chi connectivity index (χ1) is 8.60. The van der Waals surface area contributed by atoms with E-state index in [1.165, 1.54) is 12.1 Å². The maximum absolute atomic E-state index is 13.1. The van der Waals surface area contributed by atoms with Crippen LogP contribution in [0.3, 0.4) is 0 Å². The van der Waals surface area contributed by atoms with Crippen molar-refractivity contribution in [1.29, 1.82) is 0 Å². The summed E-state index contributed by atoms with van der Waals surface area (Å²) in [6, 6.07) is 4.74. The topological polar surface area (TPSA) is 12.0 Å². The minimum atomic E-state index is -0.269. The Balaban J connectivity index is 2.93. The molecule has 1 rings (SSSR count). The van der Waals surface area contributed by atoms with Gasteiger partial charge in [0.1, 0.15) is 5.82 Å². The second-order valence-corrected chi connectivity index (χ2v) is 5.25. The normalized spacial score (nSPS) is 14.5. The van der Waals surface area contributed by atoms with Gasteiger partial charge in [0.15, 0.2) is 0 Å². The lowest BCUT2D eigenvalue weighted by Gasteiger charge is -2.25. The summed E-state index contributed by atoms with van der Waals surface area (Å²) in [6.45, 7) is 8.35. The van der Waals surface area contributed by atoms with Crippen LogP contribution >= 0.6 is 11.6 Å². The SMILES string of the molecule is CCCC(C)C(CNCC)c1ccc(F)cc1Cl. The van der Waals surface area contributed by atoms with Gasteiger partial charge in [0.2, 0.25) is 0 Å². The number of hydrogen-bond acceptors (Lipinski definition) is 1. The van der Waals surface area contributed by atoms with Crippen LogP contribution in [-0.2, 0) is 0 Å². The maximum Gasteiger partial charge on any atom is 0.124 e. The lowest BCUT2D eigenvalue weighted by Crippen LogP contribution is -2.25. The summed E-state index contributed by atoms with van der Waals surface area (Å²) in [5, 5.41) is 3.92. The van der Waals surface area contributed by atoms with E-state index in [2.05, 4.69) is 26.1 Å². The highest BCUT2D eigenvalue weighted by Crippen LogP contribution is 2.32. The number of benzene rings is 1. The molecule has 0 saturated carbocycles. The highest BCUT2D eigenvalue weighted by atomic mass is 35.5. The van der Waals surface area contributed by atoms with Gasteiger partial charge >= 0.3 is 0 Å². The molecule has 0 amide bonds. The molecule has 0 aromatic heterocycles. The Morgan fingerprint density at radius 2 is 2.06 bits per heavy atom. The van der Waals surface area contributed by atoms with Gasteiger partial charge in [0.05, 0.1) is 0 Å². The number of likely N-dealkylation sites (N-methyl/N-ethyl adjacent to an activating group) is 1. The van der Waals surface area contributed by atoms with Gasteiger partial charge in [-0.1, -0.05) is 51.3 Å². The fraction of sp³-hybridized carbons (Fsp3) is 0.600. The molecule has 0 aliphatic rings. The Morgan fingerprint density at radius 3 is 2.61 bits per heavy atom. The Hall–Kier alpha value is -0.600. The second kappa shape index (κ2) is 7.75. The monoisotopic (exact) mass is 271 g/mol. The van der Waals surface area contributed by atoms with Gasteiger partial charge in [0, 0.05) is 17.5 Å². The highest BCUT2D eigenvalue weighted by Gasteiger charge is 2.20. The smallest absolute Gasteiger partial charge is 0.124 e. The van der Waals surface area contributed by atoms with Crippen molar-refractivity contribution in [3.63, 3.8) is 0 Å². The van der Waals surface area contributed by atoms with E-state index in [4.69, 9.17) is 11.6 Å². The molecule has 102 valence electrons. The second-order valence-electron chi connectivity index (χ2n) is 4.85. The van der Waals surface area contributed by atoms with Gasteiger partial charge in [-0.3, -0.25) is 0 Å². The fourth-order valence-electron chi connectivity index (χ4n) is 2.38. The largest absolute Gasteiger partial charge is 0.316 e. The zero-order chi connectivity index (χ0) is 13.5. The van der Waals surface area contributed by atoms with Crippen molar-refractivity contribution >= 4 is 11.6 Å². The van der Waals surface area contributed by atoms with Gasteiger partial charge in [-0.15, -0.1) is 0 Å². The van der Waals surface area contributed by atoms with E-state index < -0.39 is 0 Å². The lowest BCUT2D eigenvalue weighted by atomic mass is 9.84. The van der Waals surface area contributed by atoms with Crippen LogP contribution in [0.5, 0.6) is 0 Å². The van der Waals surface area contributed by atoms with E-state index >= 15 is 0 Å². The zero-order valence-corrected chi connectivity index (χ0v) is 12.2. The van der Waals surface area contributed by atoms with Crippen LogP contribution in [0.1, 0.15) is 45.1 Å². The molecule has 1 N–H and O–H groups in total. The minimum Gasteiger partial charge on any atom is -0.316 e. The summed E-state index contributed by atoms with van der Waals surface area (Å²) in [5.41, 5.74) is 1.06. The molecule has 2 atom stereocenters. The molecule has 18 heavy (non-hydrogen) atoms. The Morgan fingerprint density at radius 1 is 1.33 bits per heavy atom. The number of nitrogens with one attached hydrogen (secondary N) is 1. The molecule has 3 heteroatoms. The van der Waals surface area contributed by atoms with Crippen LogP contribution in [0.15, 0.2) is 18.2 Å². The number of halogens is 2. The molecule has 0 saturated heterocycles. The Bertz CT molecular complexity index is 368.